The van der Waals surface area contributed by atoms with Crippen LogP contribution in [0, 0.1) is 0 Å². The number of amides is 1. The average Bonchev–Trinajstić information content (AvgIpc) is 3.69. The molecule has 13 nitrogen and oxygen atoms in total. The second kappa shape index (κ2) is 20.8. The van der Waals surface area contributed by atoms with Crippen molar-refractivity contribution in [3.05, 3.63) is 155 Å². The quantitative estimate of drug-likeness (QED) is 0.0942. The molecular formula is C45H52N4O9. The Morgan fingerprint density at radius 1 is 0.707 bits per heavy atom. The molecule has 58 heavy (non-hydrogen) atoms. The highest BCUT2D eigenvalue weighted by Crippen LogP contribution is 2.38. The van der Waals surface area contributed by atoms with Gasteiger partial charge in [0.15, 0.2) is 0 Å². The molecule has 0 saturated carbocycles. The molecule has 0 radical (unpaired) electrons. The van der Waals surface area contributed by atoms with Crippen LogP contribution in [0.25, 0.3) is 0 Å². The summed E-state index contributed by atoms with van der Waals surface area (Å²) in [5.41, 5.74) is 3.56. The van der Waals surface area contributed by atoms with E-state index in [1.54, 1.807) is 27.0 Å². The molecule has 13 heteroatoms. The van der Waals surface area contributed by atoms with Crippen molar-refractivity contribution in [1.29, 1.82) is 0 Å². The topological polar surface area (TPSA) is 141 Å². The van der Waals surface area contributed by atoms with Crippen LogP contribution in [0.2, 0.25) is 0 Å². The van der Waals surface area contributed by atoms with Crippen molar-refractivity contribution < 1.29 is 42.7 Å². The van der Waals surface area contributed by atoms with Gasteiger partial charge in [-0.1, -0.05) is 127 Å². The van der Waals surface area contributed by atoms with Crippen molar-refractivity contribution in [3.8, 4) is 0 Å². The van der Waals surface area contributed by atoms with Crippen LogP contribution in [-0.4, -0.2) is 76.8 Å². The Hall–Kier alpha value is -5.44. The van der Waals surface area contributed by atoms with Crippen LogP contribution < -0.4 is 5.32 Å². The molecule has 1 aliphatic rings. The lowest BCUT2D eigenvalue weighted by Crippen LogP contribution is -2.58. The average molecular weight is 793 g/mol. The van der Waals surface area contributed by atoms with E-state index in [0.717, 1.165) is 22.3 Å². The third-order valence-corrected chi connectivity index (χ3v) is 9.35. The maximum Gasteiger partial charge on any atom is 0.408 e. The molecule has 1 fully saturated rings. The van der Waals surface area contributed by atoms with E-state index in [1.165, 1.54) is 11.8 Å². The monoisotopic (exact) mass is 792 g/mol. The Morgan fingerprint density at radius 2 is 1.19 bits per heavy atom. The second-order valence-electron chi connectivity index (χ2n) is 14.9. The molecule has 1 aliphatic heterocycles. The largest absolute Gasteiger partial charge is 0.467 e. The Kier molecular flexibility index (Phi) is 15.1. The van der Waals surface area contributed by atoms with Gasteiger partial charge in [0.2, 0.25) is 0 Å². The number of hydrogen-bond donors (Lipinski definition) is 1. The number of nitrogens with one attached hydrogen (secondary N) is 1. The van der Waals surface area contributed by atoms with Crippen molar-refractivity contribution in [2.45, 2.75) is 95.9 Å². The lowest BCUT2D eigenvalue weighted by molar-refractivity contribution is -0.276. The normalized spacial score (nSPS) is 19.9. The summed E-state index contributed by atoms with van der Waals surface area (Å²) in [5.74, 6) is -0.695. The fourth-order valence-electron chi connectivity index (χ4n) is 6.60. The lowest BCUT2D eigenvalue weighted by Gasteiger charge is -2.46. The number of benzene rings is 4. The molecular weight excluding hydrogens is 741 g/mol. The van der Waals surface area contributed by atoms with E-state index in [1.807, 2.05) is 121 Å². The highest BCUT2D eigenvalue weighted by atomic mass is 16.6. The maximum atomic E-state index is 13.1. The van der Waals surface area contributed by atoms with E-state index in [-0.39, 0.29) is 33.0 Å². The standard InChI is InChI=1S/C45H52N4O9/c1-45(2,3)58-44(51)47-36(43(50)52-4)26-49-37(25-46-48-49)39-41(55-29-34-21-13-7-14-22-34)42(56-30-35-23-15-8-16-24-35)40(54-28-33-19-11-6-12-20-33)38(57-39)31-53-27-32-17-9-5-10-18-32/h5-25,36,38-42H,26-31H2,1-4H3,(H,47,51)/t36-,38+,39-,40+,41-,42-/m0/s1. The first-order valence-corrected chi connectivity index (χ1v) is 19.4. The number of carbonyl (C=O) groups excluding carboxylic acids is 2. The Balaban J connectivity index is 1.38. The van der Waals surface area contributed by atoms with Gasteiger partial charge in [-0.05, 0) is 43.0 Å². The summed E-state index contributed by atoms with van der Waals surface area (Å²) in [7, 11) is 1.25. The smallest absolute Gasteiger partial charge is 0.408 e. The summed E-state index contributed by atoms with van der Waals surface area (Å²) in [6, 6.07) is 38.3. The number of hydrogen-bond acceptors (Lipinski definition) is 11. The third-order valence-electron chi connectivity index (χ3n) is 9.35. The van der Waals surface area contributed by atoms with Crippen LogP contribution in [0.15, 0.2) is 128 Å². The van der Waals surface area contributed by atoms with Crippen molar-refractivity contribution >= 4 is 12.1 Å². The number of aromatic nitrogens is 3. The number of carbonyl (C=O) groups is 2. The SMILES string of the molecule is COC(=O)[C@H](Cn1nncc1[C@@H]1O[C@H](COCc2ccccc2)[C@@H](OCc2ccccc2)[C@H](OCc2ccccc2)[C@H]1OCc1ccccc1)NC(=O)OC(C)(C)C. The molecule has 0 spiro atoms. The number of alkyl carbamates (subject to hydrolysis) is 1. The first-order chi connectivity index (χ1) is 28.2. The van der Waals surface area contributed by atoms with Gasteiger partial charge in [0.05, 0.1) is 58.6 Å². The maximum absolute atomic E-state index is 13.1. The van der Waals surface area contributed by atoms with Gasteiger partial charge < -0.3 is 38.5 Å². The number of rotatable bonds is 18. The minimum atomic E-state index is -1.18. The van der Waals surface area contributed by atoms with Gasteiger partial charge in [0, 0.05) is 0 Å². The molecule has 1 aromatic heterocycles. The first-order valence-electron chi connectivity index (χ1n) is 19.4. The number of esters is 1. The van der Waals surface area contributed by atoms with Crippen LogP contribution in [-0.2, 0) is 70.9 Å². The molecule has 1 N–H and O–H groups in total. The zero-order valence-electron chi connectivity index (χ0n) is 33.3. The van der Waals surface area contributed by atoms with Gasteiger partial charge >= 0.3 is 12.1 Å². The van der Waals surface area contributed by atoms with Gasteiger partial charge in [-0.2, -0.15) is 0 Å². The fraction of sp³-hybridized carbons (Fsp3) is 0.378. The molecule has 4 aromatic carbocycles. The van der Waals surface area contributed by atoms with Gasteiger partial charge in [-0.15, -0.1) is 5.10 Å². The highest BCUT2D eigenvalue weighted by molar-refractivity contribution is 5.81. The minimum Gasteiger partial charge on any atom is -0.467 e. The molecule has 306 valence electrons. The van der Waals surface area contributed by atoms with Gasteiger partial charge in [-0.25, -0.2) is 14.3 Å². The molecule has 0 aliphatic carbocycles. The first kappa shape index (κ1) is 42.2. The summed E-state index contributed by atoms with van der Waals surface area (Å²) in [4.78, 5) is 26.0. The molecule has 1 amide bonds. The number of ether oxygens (including phenoxy) is 7. The highest BCUT2D eigenvalue weighted by Gasteiger charge is 2.50. The summed E-state index contributed by atoms with van der Waals surface area (Å²) in [6.45, 7) is 6.31. The molecule has 0 bridgehead atoms. The summed E-state index contributed by atoms with van der Waals surface area (Å²) in [6.07, 6.45) is -2.93. The molecule has 5 aromatic rings. The van der Waals surface area contributed by atoms with Crippen LogP contribution in [0.3, 0.4) is 0 Å². The van der Waals surface area contributed by atoms with E-state index in [4.69, 9.17) is 33.2 Å². The number of methoxy groups -OCH3 is 1. The predicted molar refractivity (Wildman–Crippen MR) is 214 cm³/mol. The van der Waals surface area contributed by atoms with Gasteiger partial charge in [-0.3, -0.25) is 0 Å². The van der Waals surface area contributed by atoms with Crippen LogP contribution >= 0.6 is 0 Å². The van der Waals surface area contributed by atoms with Crippen molar-refractivity contribution in [2.75, 3.05) is 13.7 Å². The zero-order chi connectivity index (χ0) is 40.7. The summed E-state index contributed by atoms with van der Waals surface area (Å²) in [5, 5.41) is 11.2. The van der Waals surface area contributed by atoms with Crippen LogP contribution in [0.4, 0.5) is 4.79 Å². The third kappa shape index (κ3) is 12.3. The van der Waals surface area contributed by atoms with Crippen LogP contribution in [0.1, 0.15) is 54.8 Å². The van der Waals surface area contributed by atoms with Crippen molar-refractivity contribution in [2.24, 2.45) is 0 Å². The van der Waals surface area contributed by atoms with Crippen LogP contribution in [0.5, 0.6) is 0 Å². The summed E-state index contributed by atoms with van der Waals surface area (Å²) < 4.78 is 45.9. The number of nitrogens with zero attached hydrogens (tertiary/aromatic N) is 3. The zero-order valence-corrected chi connectivity index (χ0v) is 33.3. The summed E-state index contributed by atoms with van der Waals surface area (Å²) >= 11 is 0. The molecule has 6 atom stereocenters. The lowest BCUT2D eigenvalue weighted by atomic mass is 9.92. The molecule has 1 saturated heterocycles. The predicted octanol–water partition coefficient (Wildman–Crippen LogP) is 6.76. The van der Waals surface area contributed by atoms with Crippen molar-refractivity contribution in [3.63, 3.8) is 0 Å². The van der Waals surface area contributed by atoms with E-state index < -0.39 is 54.2 Å². The fourth-order valence-corrected chi connectivity index (χ4v) is 6.60. The molecule has 6 rings (SSSR count). The van der Waals surface area contributed by atoms with E-state index in [0.29, 0.717) is 12.3 Å². The van der Waals surface area contributed by atoms with Gasteiger partial charge in [0.25, 0.3) is 0 Å². The van der Waals surface area contributed by atoms with Crippen molar-refractivity contribution in [1.82, 2.24) is 20.3 Å². The van der Waals surface area contributed by atoms with E-state index in [9.17, 15) is 9.59 Å². The Labute approximate surface area is 339 Å². The molecule has 2 heterocycles. The van der Waals surface area contributed by atoms with E-state index in [2.05, 4.69) is 15.6 Å². The van der Waals surface area contributed by atoms with Gasteiger partial charge in [0.1, 0.15) is 42.2 Å². The molecule has 0 unspecified atom stereocenters. The second-order valence-corrected chi connectivity index (χ2v) is 14.9. The Bertz CT molecular complexity index is 1980. The Morgan fingerprint density at radius 3 is 1.69 bits per heavy atom. The minimum absolute atomic E-state index is 0.147. The van der Waals surface area contributed by atoms with E-state index >= 15 is 0 Å².